The number of nitrogens with zero attached hydrogens (tertiary/aromatic N) is 1. The van der Waals surface area contributed by atoms with Crippen LogP contribution in [0.15, 0.2) is 76.7 Å². The second-order valence-corrected chi connectivity index (χ2v) is 6.55. The first-order chi connectivity index (χ1) is 13.0. The maximum Gasteiger partial charge on any atom is 0.338 e. The van der Waals surface area contributed by atoms with E-state index in [1.54, 1.807) is 18.3 Å². The standard InChI is InChI=1S/C19H14N2O5S/c22-17(15-7-4-10-20-15)12-26-19(23)13-8-9-18(16(11-13)21(24)25)27-14-5-2-1-3-6-14/h1-11,20H,12H2. The second-order valence-electron chi connectivity index (χ2n) is 5.44. The molecule has 8 heteroatoms. The zero-order valence-corrected chi connectivity index (χ0v) is 14.8. The molecular weight excluding hydrogens is 368 g/mol. The van der Waals surface area contributed by atoms with Crippen LogP contribution in [0.1, 0.15) is 20.8 Å². The molecule has 0 radical (unpaired) electrons. The number of aromatic amines is 1. The summed E-state index contributed by atoms with van der Waals surface area (Å²) in [7, 11) is 0. The van der Waals surface area contributed by atoms with E-state index in [1.165, 1.54) is 23.9 Å². The summed E-state index contributed by atoms with van der Waals surface area (Å²) >= 11 is 1.23. The topological polar surface area (TPSA) is 102 Å². The fourth-order valence-electron chi connectivity index (χ4n) is 2.28. The number of nitrogens with one attached hydrogen (secondary N) is 1. The Labute approximate surface area is 158 Å². The normalized spacial score (nSPS) is 10.4. The van der Waals surface area contributed by atoms with E-state index in [9.17, 15) is 19.7 Å². The Morgan fingerprint density at radius 2 is 1.85 bits per heavy atom. The van der Waals surface area contributed by atoms with E-state index in [-0.39, 0.29) is 17.0 Å². The molecule has 0 unspecified atom stereocenters. The first-order valence-electron chi connectivity index (χ1n) is 7.89. The summed E-state index contributed by atoms with van der Waals surface area (Å²) in [4.78, 5) is 38.8. The summed E-state index contributed by atoms with van der Waals surface area (Å²) in [6.07, 6.45) is 1.58. The summed E-state index contributed by atoms with van der Waals surface area (Å²) in [5.74, 6) is -1.19. The van der Waals surface area contributed by atoms with Crippen LogP contribution in [-0.4, -0.2) is 28.3 Å². The van der Waals surface area contributed by atoms with Gasteiger partial charge in [0.2, 0.25) is 5.78 Å². The van der Waals surface area contributed by atoms with Crippen molar-refractivity contribution in [3.05, 3.63) is 88.2 Å². The Morgan fingerprint density at radius 1 is 1.07 bits per heavy atom. The number of carbonyl (C=O) groups is 2. The lowest BCUT2D eigenvalue weighted by atomic mass is 10.2. The van der Waals surface area contributed by atoms with E-state index in [2.05, 4.69) is 4.98 Å². The number of hydrogen-bond donors (Lipinski definition) is 1. The fourth-order valence-corrected chi connectivity index (χ4v) is 3.21. The van der Waals surface area contributed by atoms with Crippen LogP contribution < -0.4 is 0 Å². The number of H-pyrrole nitrogens is 1. The highest BCUT2D eigenvalue weighted by atomic mass is 32.2. The Kier molecular flexibility index (Phi) is 5.68. The lowest BCUT2D eigenvalue weighted by Gasteiger charge is -2.06. The first-order valence-corrected chi connectivity index (χ1v) is 8.71. The zero-order valence-electron chi connectivity index (χ0n) is 14.0. The number of benzene rings is 2. The number of hydrogen-bond acceptors (Lipinski definition) is 6. The van der Waals surface area contributed by atoms with Gasteiger partial charge in [-0.3, -0.25) is 14.9 Å². The molecule has 3 aromatic rings. The van der Waals surface area contributed by atoms with Gasteiger partial charge in [-0.15, -0.1) is 0 Å². The van der Waals surface area contributed by atoms with Crippen LogP contribution in [0.2, 0.25) is 0 Å². The largest absolute Gasteiger partial charge is 0.454 e. The predicted octanol–water partition coefficient (Wildman–Crippen LogP) is 4.11. The number of Topliss-reactive ketones (excluding diaryl/α,β-unsaturated/α-hetero) is 1. The van der Waals surface area contributed by atoms with Gasteiger partial charge < -0.3 is 9.72 Å². The van der Waals surface area contributed by atoms with Crippen LogP contribution in [0.4, 0.5) is 5.69 Å². The number of aromatic nitrogens is 1. The molecule has 0 atom stereocenters. The van der Waals surface area contributed by atoms with Crippen molar-refractivity contribution in [2.45, 2.75) is 9.79 Å². The van der Waals surface area contributed by atoms with Gasteiger partial charge in [-0.2, -0.15) is 0 Å². The third kappa shape index (κ3) is 4.62. The highest BCUT2D eigenvalue weighted by Gasteiger charge is 2.20. The molecule has 0 aliphatic carbocycles. The molecule has 0 aliphatic rings. The van der Waals surface area contributed by atoms with Gasteiger partial charge in [0, 0.05) is 17.2 Å². The molecule has 1 aromatic heterocycles. The molecule has 1 heterocycles. The number of carbonyl (C=O) groups excluding carboxylic acids is 2. The third-order valence-electron chi connectivity index (χ3n) is 3.60. The lowest BCUT2D eigenvalue weighted by molar-refractivity contribution is -0.387. The van der Waals surface area contributed by atoms with Gasteiger partial charge >= 0.3 is 5.97 Å². The van der Waals surface area contributed by atoms with Gasteiger partial charge in [-0.05, 0) is 36.4 Å². The Hall–Kier alpha value is -3.39. The SMILES string of the molecule is O=C(OCC(=O)c1ccc[nH]1)c1ccc(Sc2ccccc2)c([N+](=O)[O-])c1. The molecule has 0 fully saturated rings. The molecule has 0 amide bonds. The average molecular weight is 382 g/mol. The highest BCUT2D eigenvalue weighted by Crippen LogP contribution is 2.35. The molecule has 27 heavy (non-hydrogen) atoms. The van der Waals surface area contributed by atoms with E-state index in [0.717, 1.165) is 11.0 Å². The summed E-state index contributed by atoms with van der Waals surface area (Å²) < 4.78 is 4.97. The monoisotopic (exact) mass is 382 g/mol. The molecule has 0 aliphatic heterocycles. The van der Waals surface area contributed by atoms with Crippen molar-refractivity contribution in [2.75, 3.05) is 6.61 Å². The molecule has 2 aromatic carbocycles. The summed E-state index contributed by atoms with van der Waals surface area (Å²) in [5.41, 5.74) is 0.135. The second kappa shape index (κ2) is 8.33. The van der Waals surface area contributed by atoms with Crippen molar-refractivity contribution in [1.29, 1.82) is 0 Å². The summed E-state index contributed by atoms with van der Waals surface area (Å²) in [6, 6.07) is 16.5. The lowest BCUT2D eigenvalue weighted by Crippen LogP contribution is -2.14. The Balaban J connectivity index is 1.74. The van der Waals surface area contributed by atoms with Gasteiger partial charge in [0.25, 0.3) is 5.69 Å². The van der Waals surface area contributed by atoms with Crippen molar-refractivity contribution in [2.24, 2.45) is 0 Å². The van der Waals surface area contributed by atoms with Crippen LogP contribution in [0.25, 0.3) is 0 Å². The van der Waals surface area contributed by atoms with Gasteiger partial charge in [0.05, 0.1) is 21.1 Å². The number of ketones is 1. The predicted molar refractivity (Wildman–Crippen MR) is 99.1 cm³/mol. The smallest absolute Gasteiger partial charge is 0.338 e. The van der Waals surface area contributed by atoms with Crippen LogP contribution in [-0.2, 0) is 4.74 Å². The van der Waals surface area contributed by atoms with Crippen LogP contribution >= 0.6 is 11.8 Å². The van der Waals surface area contributed by atoms with E-state index >= 15 is 0 Å². The van der Waals surface area contributed by atoms with Crippen molar-refractivity contribution in [3.63, 3.8) is 0 Å². The molecule has 0 saturated carbocycles. The van der Waals surface area contributed by atoms with Crippen molar-refractivity contribution in [3.8, 4) is 0 Å². The number of rotatable bonds is 7. The molecule has 0 spiro atoms. The van der Waals surface area contributed by atoms with Crippen LogP contribution in [0.5, 0.6) is 0 Å². The Bertz CT molecular complexity index is 971. The molecular formula is C19H14N2O5S. The zero-order chi connectivity index (χ0) is 19.2. The van der Waals surface area contributed by atoms with Crippen molar-refractivity contribution in [1.82, 2.24) is 4.98 Å². The van der Waals surface area contributed by atoms with Crippen molar-refractivity contribution >= 4 is 29.2 Å². The quantitative estimate of drug-likeness (QED) is 0.285. The van der Waals surface area contributed by atoms with Crippen LogP contribution in [0, 0.1) is 10.1 Å². The average Bonchev–Trinajstić information content (AvgIpc) is 3.21. The van der Waals surface area contributed by atoms with E-state index in [1.807, 2.05) is 30.3 Å². The van der Waals surface area contributed by atoms with E-state index in [4.69, 9.17) is 4.74 Å². The molecule has 3 rings (SSSR count). The Morgan fingerprint density at radius 3 is 2.52 bits per heavy atom. The fraction of sp³-hybridized carbons (Fsp3) is 0.0526. The van der Waals surface area contributed by atoms with Gasteiger partial charge in [0.1, 0.15) is 0 Å². The number of ether oxygens (including phenoxy) is 1. The van der Waals surface area contributed by atoms with Gasteiger partial charge in [-0.1, -0.05) is 30.0 Å². The molecule has 7 nitrogen and oxygen atoms in total. The molecule has 1 N–H and O–H groups in total. The minimum atomic E-state index is -0.797. The maximum atomic E-state index is 12.1. The van der Waals surface area contributed by atoms with E-state index < -0.39 is 17.5 Å². The van der Waals surface area contributed by atoms with E-state index in [0.29, 0.717) is 10.6 Å². The molecule has 0 saturated heterocycles. The minimum absolute atomic E-state index is 0.0124. The first kappa shape index (κ1) is 18.4. The van der Waals surface area contributed by atoms with Crippen molar-refractivity contribution < 1.29 is 19.2 Å². The number of esters is 1. The highest BCUT2D eigenvalue weighted by molar-refractivity contribution is 7.99. The van der Waals surface area contributed by atoms with Crippen LogP contribution in [0.3, 0.4) is 0 Å². The minimum Gasteiger partial charge on any atom is -0.454 e. The third-order valence-corrected chi connectivity index (χ3v) is 4.67. The molecule has 136 valence electrons. The van der Waals surface area contributed by atoms with Gasteiger partial charge in [0.15, 0.2) is 6.61 Å². The number of nitro groups is 1. The maximum absolute atomic E-state index is 12.1. The molecule has 0 bridgehead atoms. The summed E-state index contributed by atoms with van der Waals surface area (Å²) in [5, 5.41) is 11.4. The summed E-state index contributed by atoms with van der Waals surface area (Å²) in [6.45, 7) is -0.451. The van der Waals surface area contributed by atoms with Gasteiger partial charge in [-0.25, -0.2) is 4.79 Å². The number of nitro benzene ring substituents is 1.